The maximum Gasteiger partial charge on any atom is 0.410 e. The monoisotopic (exact) mass is 377 g/mol. The molecule has 1 unspecified atom stereocenters. The van der Waals surface area contributed by atoms with E-state index in [2.05, 4.69) is 10.5 Å². The molecule has 148 valence electrons. The van der Waals surface area contributed by atoms with E-state index in [0.717, 1.165) is 25.7 Å². The predicted molar refractivity (Wildman–Crippen MR) is 95.4 cm³/mol. The second kappa shape index (κ2) is 6.82. The van der Waals surface area contributed by atoms with Crippen molar-refractivity contribution in [2.24, 2.45) is 0 Å². The van der Waals surface area contributed by atoms with Gasteiger partial charge in [0.1, 0.15) is 11.4 Å². The van der Waals surface area contributed by atoms with Gasteiger partial charge in [0.05, 0.1) is 19.1 Å². The van der Waals surface area contributed by atoms with E-state index in [9.17, 15) is 9.59 Å². The van der Waals surface area contributed by atoms with E-state index in [0.29, 0.717) is 24.7 Å². The number of carbonyl (C=O) groups is 2. The fourth-order valence-electron chi connectivity index (χ4n) is 4.16. The van der Waals surface area contributed by atoms with Gasteiger partial charge in [-0.1, -0.05) is 5.16 Å². The molecule has 0 aliphatic carbocycles. The van der Waals surface area contributed by atoms with Crippen LogP contribution in [0.25, 0.3) is 0 Å². The summed E-state index contributed by atoms with van der Waals surface area (Å²) in [6.45, 7) is 6.86. The molecule has 3 saturated heterocycles. The molecule has 1 N–H and O–H groups in total. The minimum atomic E-state index is -0.502. The van der Waals surface area contributed by atoms with Gasteiger partial charge in [-0.05, 0) is 46.5 Å². The molecule has 0 saturated carbocycles. The van der Waals surface area contributed by atoms with E-state index in [1.807, 2.05) is 25.7 Å². The van der Waals surface area contributed by atoms with Crippen molar-refractivity contribution >= 4 is 12.0 Å². The average molecular weight is 377 g/mol. The number of rotatable bonds is 3. The van der Waals surface area contributed by atoms with Crippen LogP contribution in [-0.4, -0.2) is 59.0 Å². The minimum absolute atomic E-state index is 0.0286. The molecule has 8 nitrogen and oxygen atoms in total. The van der Waals surface area contributed by atoms with Crippen LogP contribution in [0, 0.1) is 0 Å². The highest BCUT2D eigenvalue weighted by Gasteiger charge is 2.45. The Morgan fingerprint density at radius 2 is 1.89 bits per heavy atom. The van der Waals surface area contributed by atoms with Gasteiger partial charge >= 0.3 is 6.09 Å². The van der Waals surface area contributed by atoms with Crippen LogP contribution in [0.4, 0.5) is 4.79 Å². The number of aromatic nitrogens is 1. The first kappa shape index (κ1) is 18.3. The fourth-order valence-corrected chi connectivity index (χ4v) is 4.16. The molecule has 0 aromatic carbocycles. The number of ether oxygens (including phenoxy) is 2. The number of carbonyl (C=O) groups excluding carboxylic acids is 2. The maximum atomic E-state index is 12.5. The Bertz CT molecular complexity index is 707. The summed E-state index contributed by atoms with van der Waals surface area (Å²) in [7, 11) is 0. The van der Waals surface area contributed by atoms with E-state index < -0.39 is 5.60 Å². The quantitative estimate of drug-likeness (QED) is 0.870. The number of fused-ring (bicyclic) bond motifs is 2. The van der Waals surface area contributed by atoms with Crippen LogP contribution >= 0.6 is 0 Å². The zero-order chi connectivity index (χ0) is 19.2. The van der Waals surface area contributed by atoms with Crippen LogP contribution in [0.2, 0.25) is 0 Å². The van der Waals surface area contributed by atoms with Crippen molar-refractivity contribution in [3.8, 4) is 0 Å². The predicted octanol–water partition coefficient (Wildman–Crippen LogP) is 2.45. The largest absolute Gasteiger partial charge is 0.444 e. The van der Waals surface area contributed by atoms with Gasteiger partial charge in [0, 0.05) is 24.2 Å². The molecule has 3 aliphatic heterocycles. The van der Waals surface area contributed by atoms with Crippen LogP contribution in [0.3, 0.4) is 0 Å². The molecule has 1 aromatic heterocycles. The van der Waals surface area contributed by atoms with Crippen molar-refractivity contribution in [2.45, 2.75) is 76.1 Å². The second-order valence-electron chi connectivity index (χ2n) is 8.76. The van der Waals surface area contributed by atoms with Gasteiger partial charge in [-0.3, -0.25) is 4.79 Å². The van der Waals surface area contributed by atoms with Gasteiger partial charge in [0.25, 0.3) is 5.91 Å². The summed E-state index contributed by atoms with van der Waals surface area (Å²) in [6.07, 6.45) is 3.13. The zero-order valence-electron chi connectivity index (χ0n) is 16.1. The lowest BCUT2D eigenvalue weighted by Gasteiger charge is -2.39. The Morgan fingerprint density at radius 1 is 1.22 bits per heavy atom. The lowest BCUT2D eigenvalue weighted by atomic mass is 9.97. The maximum absolute atomic E-state index is 12.5. The number of nitrogens with one attached hydrogen (secondary N) is 1. The lowest BCUT2D eigenvalue weighted by molar-refractivity contribution is -0.00229. The number of hydrogen-bond donors (Lipinski definition) is 1. The summed E-state index contributed by atoms with van der Waals surface area (Å²) in [5, 5.41) is 6.96. The highest BCUT2D eigenvalue weighted by molar-refractivity contribution is 5.92. The Hall–Kier alpha value is -2.09. The summed E-state index contributed by atoms with van der Waals surface area (Å²) < 4.78 is 16.0. The number of nitrogens with zero attached hydrogens (tertiary/aromatic N) is 2. The van der Waals surface area contributed by atoms with Crippen LogP contribution in [-0.2, 0) is 9.47 Å². The molecule has 1 aromatic rings. The van der Waals surface area contributed by atoms with Gasteiger partial charge in [-0.15, -0.1) is 0 Å². The topological polar surface area (TPSA) is 93.9 Å². The number of hydrogen-bond acceptors (Lipinski definition) is 6. The van der Waals surface area contributed by atoms with Gasteiger partial charge in [0.15, 0.2) is 5.69 Å². The van der Waals surface area contributed by atoms with Crippen LogP contribution in [0.1, 0.15) is 68.6 Å². The zero-order valence-corrected chi connectivity index (χ0v) is 16.1. The average Bonchev–Trinajstić information content (AvgIpc) is 3.08. The Balaban J connectivity index is 1.35. The summed E-state index contributed by atoms with van der Waals surface area (Å²) in [6, 6.07) is 1.96. The molecule has 3 aliphatic rings. The van der Waals surface area contributed by atoms with Crippen molar-refractivity contribution in [1.82, 2.24) is 15.4 Å². The molecule has 3 fully saturated rings. The smallest absolute Gasteiger partial charge is 0.410 e. The molecule has 27 heavy (non-hydrogen) atoms. The van der Waals surface area contributed by atoms with E-state index in [1.54, 1.807) is 6.07 Å². The molecule has 0 spiro atoms. The molecule has 4 rings (SSSR count). The summed E-state index contributed by atoms with van der Waals surface area (Å²) in [5.74, 6) is 0.679. The van der Waals surface area contributed by atoms with E-state index in [-0.39, 0.29) is 36.0 Å². The van der Waals surface area contributed by atoms with Crippen LogP contribution in [0.15, 0.2) is 10.6 Å². The summed E-state index contributed by atoms with van der Waals surface area (Å²) >= 11 is 0. The first-order valence-electron chi connectivity index (χ1n) is 9.66. The molecule has 4 heterocycles. The highest BCUT2D eigenvalue weighted by Crippen LogP contribution is 2.37. The minimum Gasteiger partial charge on any atom is -0.444 e. The molecule has 8 heteroatoms. The fraction of sp³-hybridized carbons (Fsp3) is 0.737. The van der Waals surface area contributed by atoms with Crippen LogP contribution in [0.5, 0.6) is 0 Å². The van der Waals surface area contributed by atoms with Gasteiger partial charge in [-0.2, -0.15) is 0 Å². The normalized spacial score (nSPS) is 28.0. The number of amides is 2. The summed E-state index contributed by atoms with van der Waals surface area (Å²) in [5.41, 5.74) is -0.198. The third kappa shape index (κ3) is 3.81. The molecule has 0 radical (unpaired) electrons. The van der Waals surface area contributed by atoms with E-state index in [1.165, 1.54) is 0 Å². The standard InChI is InChI=1S/C19H27N3O5/c1-19(2,3)26-18(24)22-13-4-5-14(22)7-12(6-13)20-17(23)15-8-16(27-21-15)11-9-25-10-11/h8,11-14H,4-7,9-10H2,1-3H3,(H,20,23)/t12?,13-,14+. The molecule has 2 amide bonds. The second-order valence-corrected chi connectivity index (χ2v) is 8.76. The molecule has 3 atom stereocenters. The lowest BCUT2D eigenvalue weighted by Crippen LogP contribution is -2.53. The Labute approximate surface area is 158 Å². The first-order chi connectivity index (χ1) is 12.8. The van der Waals surface area contributed by atoms with Gasteiger partial charge in [-0.25, -0.2) is 4.79 Å². The highest BCUT2D eigenvalue weighted by atomic mass is 16.6. The van der Waals surface area contributed by atoms with Crippen molar-refractivity contribution in [3.63, 3.8) is 0 Å². The Morgan fingerprint density at radius 3 is 2.44 bits per heavy atom. The van der Waals surface area contributed by atoms with E-state index in [4.69, 9.17) is 14.0 Å². The summed E-state index contributed by atoms with van der Waals surface area (Å²) in [4.78, 5) is 26.9. The van der Waals surface area contributed by atoms with Crippen molar-refractivity contribution in [2.75, 3.05) is 13.2 Å². The molecule has 2 bridgehead atoms. The van der Waals surface area contributed by atoms with Crippen molar-refractivity contribution < 1.29 is 23.6 Å². The first-order valence-corrected chi connectivity index (χ1v) is 9.66. The van der Waals surface area contributed by atoms with E-state index >= 15 is 0 Å². The van der Waals surface area contributed by atoms with Crippen LogP contribution < -0.4 is 5.32 Å². The van der Waals surface area contributed by atoms with Gasteiger partial charge < -0.3 is 24.2 Å². The molecular weight excluding hydrogens is 350 g/mol. The number of piperidine rings is 1. The van der Waals surface area contributed by atoms with Crippen molar-refractivity contribution in [3.05, 3.63) is 17.5 Å². The SMILES string of the molecule is CC(C)(C)OC(=O)N1[C@@H]2CC[C@H]1CC(NC(=O)c1cc(C3COC3)on1)C2. The third-order valence-electron chi connectivity index (χ3n) is 5.47. The van der Waals surface area contributed by atoms with Crippen molar-refractivity contribution in [1.29, 1.82) is 0 Å². The Kier molecular flexibility index (Phi) is 4.61. The van der Waals surface area contributed by atoms with Gasteiger partial charge in [0.2, 0.25) is 0 Å². The molecular formula is C19H27N3O5. The third-order valence-corrected chi connectivity index (χ3v) is 5.47.